The Morgan fingerprint density at radius 1 is 1.08 bits per heavy atom. The van der Waals surface area contributed by atoms with E-state index in [1.165, 1.54) is 27.1 Å². The van der Waals surface area contributed by atoms with Crippen molar-refractivity contribution in [1.82, 2.24) is 0 Å². The zero-order chi connectivity index (χ0) is 17.7. The third-order valence-electron chi connectivity index (χ3n) is 4.17. The fraction of sp³-hybridized carbons (Fsp3) is 0.300. The first-order valence-electron chi connectivity index (χ1n) is 7.88. The van der Waals surface area contributed by atoms with Gasteiger partial charge in [-0.05, 0) is 67.6 Å². The molecule has 2 aromatic rings. The Morgan fingerprint density at radius 2 is 1.67 bits per heavy atom. The number of aryl methyl sites for hydroxylation is 2. The largest absolute Gasteiger partial charge is 0.325 e. The lowest BCUT2D eigenvalue weighted by Crippen LogP contribution is -2.14. The van der Waals surface area contributed by atoms with Gasteiger partial charge in [0.2, 0.25) is 5.91 Å². The number of hydrogen-bond donors (Lipinski definition) is 1. The van der Waals surface area contributed by atoms with Crippen molar-refractivity contribution < 1.29 is 4.79 Å². The average Bonchev–Trinajstić information content (AvgIpc) is 2.55. The Balaban J connectivity index is 2.00. The van der Waals surface area contributed by atoms with Crippen LogP contribution in [0.5, 0.6) is 0 Å². The molecule has 3 nitrogen and oxygen atoms in total. The molecule has 4 heteroatoms. The molecule has 0 saturated carbocycles. The van der Waals surface area contributed by atoms with Crippen LogP contribution >= 0.6 is 11.8 Å². The number of nitriles is 1. The van der Waals surface area contributed by atoms with E-state index >= 15 is 0 Å². The molecule has 24 heavy (non-hydrogen) atoms. The molecular weight excluding hydrogens is 316 g/mol. The standard InChI is InChI=1S/C20H22N2OS/c1-13-11-14(2)16(4)20(15(13)3)24-12-19(23)22-18-7-5-17(6-8-18)9-10-21/h5-8,11H,9,12H2,1-4H3,(H,22,23). The van der Waals surface area contributed by atoms with Crippen LogP contribution in [-0.2, 0) is 11.2 Å². The maximum Gasteiger partial charge on any atom is 0.234 e. The van der Waals surface area contributed by atoms with Gasteiger partial charge in [0, 0.05) is 10.6 Å². The lowest BCUT2D eigenvalue weighted by atomic mass is 10.0. The minimum absolute atomic E-state index is 0.0222. The monoisotopic (exact) mass is 338 g/mol. The van der Waals surface area contributed by atoms with Crippen LogP contribution in [-0.4, -0.2) is 11.7 Å². The van der Waals surface area contributed by atoms with Crippen LogP contribution in [0.25, 0.3) is 0 Å². The smallest absolute Gasteiger partial charge is 0.234 e. The van der Waals surface area contributed by atoms with Crippen molar-refractivity contribution in [3.63, 3.8) is 0 Å². The summed E-state index contributed by atoms with van der Waals surface area (Å²) in [7, 11) is 0. The minimum Gasteiger partial charge on any atom is -0.325 e. The number of amides is 1. The number of rotatable bonds is 5. The van der Waals surface area contributed by atoms with Gasteiger partial charge < -0.3 is 5.32 Å². The highest BCUT2D eigenvalue weighted by atomic mass is 32.2. The summed E-state index contributed by atoms with van der Waals surface area (Å²) in [6.45, 7) is 8.43. The fourth-order valence-corrected chi connectivity index (χ4v) is 3.63. The molecule has 0 aliphatic heterocycles. The molecule has 1 amide bonds. The van der Waals surface area contributed by atoms with Crippen molar-refractivity contribution in [1.29, 1.82) is 5.26 Å². The summed E-state index contributed by atoms with van der Waals surface area (Å²) in [6.07, 6.45) is 0.384. The van der Waals surface area contributed by atoms with E-state index in [1.807, 2.05) is 24.3 Å². The van der Waals surface area contributed by atoms with Gasteiger partial charge in [0.1, 0.15) is 0 Å². The second kappa shape index (κ2) is 8.03. The van der Waals surface area contributed by atoms with E-state index < -0.39 is 0 Å². The number of thioether (sulfide) groups is 1. The van der Waals surface area contributed by atoms with Crippen LogP contribution in [0.4, 0.5) is 5.69 Å². The van der Waals surface area contributed by atoms with Crippen LogP contribution in [0.1, 0.15) is 27.8 Å². The number of carbonyl (C=O) groups is 1. The van der Waals surface area contributed by atoms with Gasteiger partial charge in [-0.25, -0.2) is 0 Å². The van der Waals surface area contributed by atoms with Crippen molar-refractivity contribution in [2.24, 2.45) is 0 Å². The quantitative estimate of drug-likeness (QED) is 0.803. The van der Waals surface area contributed by atoms with Crippen LogP contribution < -0.4 is 5.32 Å². The summed E-state index contributed by atoms with van der Waals surface area (Å²) >= 11 is 1.59. The Bertz CT molecular complexity index is 763. The second-order valence-corrected chi connectivity index (χ2v) is 6.94. The number of carbonyl (C=O) groups excluding carboxylic acids is 1. The molecule has 0 fully saturated rings. The van der Waals surface area contributed by atoms with E-state index in [4.69, 9.17) is 5.26 Å². The summed E-state index contributed by atoms with van der Waals surface area (Å²) in [6, 6.07) is 11.7. The van der Waals surface area contributed by atoms with E-state index in [9.17, 15) is 4.79 Å². The lowest BCUT2D eigenvalue weighted by molar-refractivity contribution is -0.113. The molecule has 0 bridgehead atoms. The predicted octanol–water partition coefficient (Wildman–Crippen LogP) is 4.72. The van der Waals surface area contributed by atoms with Crippen LogP contribution in [0.2, 0.25) is 0 Å². The van der Waals surface area contributed by atoms with Gasteiger partial charge in [0.25, 0.3) is 0 Å². The van der Waals surface area contributed by atoms with Crippen LogP contribution in [0.3, 0.4) is 0 Å². The Kier molecular flexibility index (Phi) is 6.05. The maximum atomic E-state index is 12.2. The third-order valence-corrected chi connectivity index (χ3v) is 5.47. The molecule has 0 unspecified atom stereocenters. The third kappa shape index (κ3) is 4.39. The van der Waals surface area contributed by atoms with Crippen LogP contribution in [0.15, 0.2) is 35.2 Å². The molecule has 0 heterocycles. The number of anilines is 1. The molecule has 1 N–H and O–H groups in total. The van der Waals surface area contributed by atoms with Crippen molar-refractivity contribution in [2.75, 3.05) is 11.1 Å². The molecule has 0 aromatic heterocycles. The average molecular weight is 338 g/mol. The first kappa shape index (κ1) is 18.1. The fourth-order valence-electron chi connectivity index (χ4n) is 2.53. The van der Waals surface area contributed by atoms with Gasteiger partial charge in [-0.2, -0.15) is 5.26 Å². The SMILES string of the molecule is Cc1cc(C)c(C)c(SCC(=O)Nc2ccc(CC#N)cc2)c1C. The molecule has 0 atom stereocenters. The zero-order valence-corrected chi connectivity index (χ0v) is 15.4. The van der Waals surface area contributed by atoms with E-state index in [2.05, 4.69) is 45.1 Å². The highest BCUT2D eigenvalue weighted by Gasteiger charge is 2.11. The van der Waals surface area contributed by atoms with E-state index in [0.717, 1.165) is 11.3 Å². The van der Waals surface area contributed by atoms with E-state index in [-0.39, 0.29) is 5.91 Å². The Labute approximate surface area is 148 Å². The molecule has 2 rings (SSSR count). The van der Waals surface area contributed by atoms with Gasteiger partial charge in [0.15, 0.2) is 0 Å². The number of benzene rings is 2. The van der Waals surface area contributed by atoms with Gasteiger partial charge in [0.05, 0.1) is 18.2 Å². The highest BCUT2D eigenvalue weighted by molar-refractivity contribution is 8.00. The first-order valence-corrected chi connectivity index (χ1v) is 8.87. The summed E-state index contributed by atoms with van der Waals surface area (Å²) in [5.74, 6) is 0.357. The van der Waals surface area contributed by atoms with Gasteiger partial charge >= 0.3 is 0 Å². The first-order chi connectivity index (χ1) is 11.4. The molecule has 0 saturated heterocycles. The number of nitrogens with zero attached hydrogens (tertiary/aromatic N) is 1. The summed E-state index contributed by atoms with van der Waals surface area (Å²) in [4.78, 5) is 13.4. The summed E-state index contributed by atoms with van der Waals surface area (Å²) in [5, 5.41) is 11.6. The van der Waals surface area contributed by atoms with Crippen molar-refractivity contribution in [3.05, 3.63) is 58.1 Å². The van der Waals surface area contributed by atoms with E-state index in [0.29, 0.717) is 12.2 Å². The molecule has 0 aliphatic carbocycles. The van der Waals surface area contributed by atoms with Crippen molar-refractivity contribution in [3.8, 4) is 6.07 Å². The van der Waals surface area contributed by atoms with Crippen molar-refractivity contribution >= 4 is 23.4 Å². The Morgan fingerprint density at radius 3 is 2.21 bits per heavy atom. The molecule has 0 aliphatic rings. The maximum absolute atomic E-state index is 12.2. The number of hydrogen-bond acceptors (Lipinski definition) is 3. The second-order valence-electron chi connectivity index (χ2n) is 5.96. The highest BCUT2D eigenvalue weighted by Crippen LogP contribution is 2.30. The predicted molar refractivity (Wildman–Crippen MR) is 101 cm³/mol. The molecule has 124 valence electrons. The molecule has 0 spiro atoms. The topological polar surface area (TPSA) is 52.9 Å². The van der Waals surface area contributed by atoms with Gasteiger partial charge in [-0.3, -0.25) is 4.79 Å². The Hall–Kier alpha value is -2.25. The molecule has 0 radical (unpaired) electrons. The summed E-state index contributed by atoms with van der Waals surface area (Å²) < 4.78 is 0. The van der Waals surface area contributed by atoms with Crippen LogP contribution in [0, 0.1) is 39.0 Å². The van der Waals surface area contributed by atoms with Gasteiger partial charge in [-0.15, -0.1) is 11.8 Å². The zero-order valence-electron chi connectivity index (χ0n) is 14.6. The van der Waals surface area contributed by atoms with Crippen molar-refractivity contribution in [2.45, 2.75) is 39.0 Å². The van der Waals surface area contributed by atoms with E-state index in [1.54, 1.807) is 11.8 Å². The molecular formula is C20H22N2OS. The van der Waals surface area contributed by atoms with Gasteiger partial charge in [-0.1, -0.05) is 18.2 Å². The normalized spacial score (nSPS) is 10.3. The number of nitrogens with one attached hydrogen (secondary N) is 1. The summed E-state index contributed by atoms with van der Waals surface area (Å²) in [5.41, 5.74) is 6.72. The molecule has 2 aromatic carbocycles. The minimum atomic E-state index is -0.0222. The lowest BCUT2D eigenvalue weighted by Gasteiger charge is -2.14.